The highest BCUT2D eigenvalue weighted by molar-refractivity contribution is 6.50. The molecule has 0 bridgehead atoms. The molecule has 8 aromatic heterocycles. The number of rotatable bonds is 0. The van der Waals surface area contributed by atoms with Gasteiger partial charge in [-0.05, 0) is 98.3 Å². The van der Waals surface area contributed by atoms with E-state index in [1.54, 1.807) is 0 Å². The molecule has 0 aliphatic carbocycles. The molecule has 356 valence electrons. The van der Waals surface area contributed by atoms with Gasteiger partial charge in [0.2, 0.25) is 0 Å². The Labute approximate surface area is 446 Å². The van der Waals surface area contributed by atoms with Crippen LogP contribution in [0.1, 0.15) is 0 Å². The third-order valence-corrected chi connectivity index (χ3v) is 19.6. The van der Waals surface area contributed by atoms with Crippen LogP contribution in [0.15, 0.2) is 171 Å². The molecule has 0 N–H and O–H groups in total. The predicted octanol–water partition coefficient (Wildman–Crippen LogP) is 18.3. The van der Waals surface area contributed by atoms with Gasteiger partial charge in [-0.2, -0.15) is 0 Å². The molecule has 15 aromatic carbocycles. The van der Waals surface area contributed by atoms with E-state index in [-0.39, 0.29) is 0 Å². The Morgan fingerprint density at radius 1 is 0.150 bits per heavy atom. The summed E-state index contributed by atoms with van der Waals surface area (Å²) < 4.78 is 0. The Hall–Kier alpha value is -11.0. The van der Waals surface area contributed by atoms with E-state index in [0.29, 0.717) is 0 Å². The first-order chi connectivity index (χ1) is 39.7. The Balaban J connectivity index is 0.789. The summed E-state index contributed by atoms with van der Waals surface area (Å²) in [7, 11) is 0. The summed E-state index contributed by atoms with van der Waals surface area (Å²) in [6.07, 6.45) is 16.3. The van der Waals surface area contributed by atoms with E-state index in [9.17, 15) is 0 Å². The fourth-order valence-corrected chi connectivity index (χ4v) is 16.6. The van der Waals surface area contributed by atoms with Gasteiger partial charge in [0.1, 0.15) is 0 Å². The smallest absolute Gasteiger partial charge is 0.0977 e. The molecule has 0 saturated heterocycles. The van der Waals surface area contributed by atoms with Crippen LogP contribution < -0.4 is 0 Å². The first-order valence-corrected chi connectivity index (χ1v) is 27.3. The Bertz CT molecular complexity index is 6100. The van der Waals surface area contributed by atoms with Gasteiger partial charge in [0.15, 0.2) is 0 Å². The van der Waals surface area contributed by atoms with Crippen molar-refractivity contribution in [1.29, 1.82) is 0 Å². The van der Waals surface area contributed by atoms with Crippen molar-refractivity contribution in [2.75, 3.05) is 0 Å². The van der Waals surface area contributed by atoms with Gasteiger partial charge < -0.3 is 0 Å². The van der Waals surface area contributed by atoms with E-state index in [1.807, 2.05) is 12.4 Å². The van der Waals surface area contributed by atoms with Crippen molar-refractivity contribution >= 4 is 238 Å². The average Bonchev–Trinajstić information content (AvgIpc) is 2.84. The average molecular weight is 1010 g/mol. The van der Waals surface area contributed by atoms with Gasteiger partial charge in [0, 0.05) is 157 Å². The normalized spacial score (nSPS) is 13.5. The summed E-state index contributed by atoms with van der Waals surface area (Å²) in [6, 6.07) is 45.3. The molecule has 0 saturated carbocycles. The highest BCUT2D eigenvalue weighted by Gasteiger charge is 2.29. The van der Waals surface area contributed by atoms with E-state index in [0.717, 1.165) is 109 Å². The van der Waals surface area contributed by atoms with Gasteiger partial charge in [-0.15, -0.1) is 0 Å². The Kier molecular flexibility index (Phi) is 5.98. The lowest BCUT2D eigenvalue weighted by atomic mass is 9.83. The third kappa shape index (κ3) is 3.92. The molecule has 8 heteroatoms. The van der Waals surface area contributed by atoms with Crippen LogP contribution in [-0.4, -0.2) is 39.9 Å². The first-order valence-electron chi connectivity index (χ1n) is 27.3. The second kappa shape index (κ2) is 12.4. The molecule has 80 heavy (non-hydrogen) atoms. The van der Waals surface area contributed by atoms with Gasteiger partial charge in [0.25, 0.3) is 0 Å². The summed E-state index contributed by atoms with van der Waals surface area (Å²) in [5, 5.41) is 42.1. The van der Waals surface area contributed by atoms with Crippen molar-refractivity contribution in [1.82, 2.24) is 39.9 Å². The maximum atomic E-state index is 5.46. The molecule has 0 radical (unpaired) electrons. The lowest BCUT2D eigenvalue weighted by Crippen LogP contribution is -1.98. The minimum absolute atomic E-state index is 0.914. The quantitative estimate of drug-likeness (QED) is 0.109. The highest BCUT2D eigenvalue weighted by atomic mass is 14.8. The zero-order chi connectivity index (χ0) is 50.9. The zero-order valence-electron chi connectivity index (χ0n) is 41.7. The molecule has 0 unspecified atom stereocenters. The van der Waals surface area contributed by atoms with Gasteiger partial charge >= 0.3 is 0 Å². The fourth-order valence-electron chi connectivity index (χ4n) is 16.6. The van der Waals surface area contributed by atoms with Crippen molar-refractivity contribution in [3.05, 3.63) is 171 Å². The van der Waals surface area contributed by atoms with Gasteiger partial charge in [-0.1, -0.05) is 109 Å². The van der Waals surface area contributed by atoms with Crippen LogP contribution in [0, 0.1) is 0 Å². The van der Waals surface area contributed by atoms with Crippen molar-refractivity contribution < 1.29 is 0 Å². The fraction of sp³-hybridized carbons (Fsp3) is 0. The molecule has 8 heterocycles. The Morgan fingerprint density at radius 3 is 0.588 bits per heavy atom. The largest absolute Gasteiger partial charge is 0.254 e. The summed E-state index contributed by atoms with van der Waals surface area (Å²) in [4.78, 5) is 42.2. The monoisotopic (exact) mass is 1000 g/mol. The molecular weight excluding hydrogens is 977 g/mol. The van der Waals surface area contributed by atoms with E-state index in [4.69, 9.17) is 39.9 Å². The number of pyridine rings is 8. The maximum Gasteiger partial charge on any atom is 0.0977 e. The molecule has 0 atom stereocenters. The molecule has 0 fully saturated rings. The summed E-state index contributed by atoms with van der Waals surface area (Å²) in [5.74, 6) is 0. The van der Waals surface area contributed by atoms with Crippen molar-refractivity contribution in [3.63, 3.8) is 0 Å². The van der Waals surface area contributed by atoms with E-state index < -0.39 is 0 Å². The summed E-state index contributed by atoms with van der Waals surface area (Å²) in [5.41, 5.74) is 7.44. The minimum atomic E-state index is 0.914. The number of benzene rings is 15. The van der Waals surface area contributed by atoms with Crippen molar-refractivity contribution in [2.24, 2.45) is 0 Å². The molecule has 0 amide bonds. The highest BCUT2D eigenvalue weighted by Crippen LogP contribution is 2.54. The summed E-state index contributed by atoms with van der Waals surface area (Å²) >= 11 is 0. The van der Waals surface area contributed by atoms with Crippen LogP contribution in [0.5, 0.6) is 0 Å². The van der Waals surface area contributed by atoms with Crippen LogP contribution in [0.3, 0.4) is 0 Å². The van der Waals surface area contributed by atoms with Crippen LogP contribution in [0.2, 0.25) is 0 Å². The molecule has 0 spiro atoms. The maximum absolute atomic E-state index is 5.46. The van der Waals surface area contributed by atoms with Crippen molar-refractivity contribution in [2.45, 2.75) is 0 Å². The minimum Gasteiger partial charge on any atom is -0.254 e. The number of fused-ring (bicyclic) bond motifs is 14. The molecule has 23 aromatic rings. The van der Waals surface area contributed by atoms with E-state index in [2.05, 4.69) is 159 Å². The topological polar surface area (TPSA) is 103 Å². The standard InChI is InChI=1S/C72H28N8/c1-3-29-19-21-73-65-51(29)31(5-1)39-13-7-33-35-9-15-41-43-17-11-37-38-12-18-44-42-16-10-36-34-8-14-40-32-6-2-4-30-20-22-74-66(52(30)32)68-60(40)54(34)46(24-76-68)48-26-78-70(62(42)56(36)48)72-64(44)58(38)50(28-80-72)49-27-79-71(63(43)57(37)49)69-61(41)55(35)47(25-77-69)45-23-75-67(65)59(39)53(33)45/h1-28H. The van der Waals surface area contributed by atoms with Gasteiger partial charge in [0.05, 0.1) is 44.1 Å². The van der Waals surface area contributed by atoms with Gasteiger partial charge in [-0.3, -0.25) is 39.9 Å². The van der Waals surface area contributed by atoms with E-state index >= 15 is 0 Å². The van der Waals surface area contributed by atoms with Crippen LogP contribution in [0.25, 0.3) is 238 Å². The number of hydrogen-bond donors (Lipinski definition) is 0. The van der Waals surface area contributed by atoms with Crippen LogP contribution in [-0.2, 0) is 0 Å². The first kappa shape index (κ1) is 38.6. The number of aromatic nitrogens is 8. The SMILES string of the molecule is c1cc2ccnc3c4ncc5c6cnc7c8ncc9c%10cnc%11c%12ncc%13c%14cnc%15c%16nccc%17cccc(c%18ccc(c%19ccc(c%20ccc(c%21ccc(c%22ccc(c%23ccc(c(c1)c23)c4c%235)c6c%227)c8c%219)c%10c%20%11)c%12c%19%13)c%14c%18%15)c%17%16. The van der Waals surface area contributed by atoms with Crippen LogP contribution in [0.4, 0.5) is 0 Å². The van der Waals surface area contributed by atoms with Crippen LogP contribution >= 0.6 is 0 Å². The molecular formula is C72H28N8. The molecule has 0 aliphatic heterocycles. The second-order valence-electron chi connectivity index (χ2n) is 22.7. The lowest BCUT2D eigenvalue weighted by molar-refractivity contribution is 1.40. The third-order valence-electron chi connectivity index (χ3n) is 19.6. The predicted molar refractivity (Wildman–Crippen MR) is 332 cm³/mol. The number of hydrogen-bond acceptors (Lipinski definition) is 8. The van der Waals surface area contributed by atoms with Gasteiger partial charge in [-0.25, -0.2) is 0 Å². The Morgan fingerprint density at radius 2 is 0.350 bits per heavy atom. The van der Waals surface area contributed by atoms with Crippen molar-refractivity contribution in [3.8, 4) is 0 Å². The summed E-state index contributed by atoms with van der Waals surface area (Å²) in [6.45, 7) is 0. The second-order valence-corrected chi connectivity index (χ2v) is 22.7. The lowest BCUT2D eigenvalue weighted by Gasteiger charge is -2.22. The molecule has 8 nitrogen and oxygen atoms in total. The molecule has 0 aliphatic rings. The number of nitrogens with zero attached hydrogens (tertiary/aromatic N) is 8. The zero-order valence-corrected chi connectivity index (χ0v) is 41.7. The molecule has 23 rings (SSSR count). The van der Waals surface area contributed by atoms with E-state index in [1.165, 1.54) is 129 Å².